The van der Waals surface area contributed by atoms with Crippen molar-refractivity contribution in [1.82, 2.24) is 24.5 Å². The van der Waals surface area contributed by atoms with Gasteiger partial charge in [0.25, 0.3) is 0 Å². The summed E-state index contributed by atoms with van der Waals surface area (Å²) in [5.74, 6) is -1.73. The zero-order valence-corrected chi connectivity index (χ0v) is 58.1. The second-order valence-electron chi connectivity index (χ2n) is 24.8. The summed E-state index contributed by atoms with van der Waals surface area (Å²) in [6, 6.07) is 0. The molecule has 5 fully saturated rings. The van der Waals surface area contributed by atoms with E-state index < -0.39 is 0 Å². The molecule has 5 amide bonds. The van der Waals surface area contributed by atoms with E-state index in [0.29, 0.717) is 104 Å². The molecule has 90 heavy (non-hydrogen) atoms. The molecule has 0 spiro atoms. The SMILES string of the molecule is CCCCCCN1CC(C(=O)OCCCCC)CC1=O.CCCCCOC(=O)C1CC(=O)N(CC)C1.CCCCCOC(=O)C1CC(=O)N(CCC)C1.CCCCCOC(=O)C1CC(=O)N(CCCC)C1.CCCCCOC(=O)C1CC(=O)N(CCCCC)C1. The maximum absolute atomic E-state index is 11.9. The first-order valence-electron chi connectivity index (χ1n) is 35.7. The van der Waals surface area contributed by atoms with Crippen LogP contribution < -0.4 is 0 Å². The number of hydrogen-bond acceptors (Lipinski definition) is 15. The number of carbonyl (C=O) groups is 10. The third-order valence-corrected chi connectivity index (χ3v) is 16.7. The molecule has 5 aliphatic rings. The van der Waals surface area contributed by atoms with Crippen molar-refractivity contribution in [3.8, 4) is 0 Å². The molecule has 0 bridgehead atoms. The fourth-order valence-electron chi connectivity index (χ4n) is 10.9. The minimum absolute atomic E-state index is 0.0676. The van der Waals surface area contributed by atoms with Crippen LogP contribution in [0.1, 0.15) is 262 Å². The molecule has 5 heterocycles. The third-order valence-electron chi connectivity index (χ3n) is 16.7. The number of esters is 5. The second-order valence-corrected chi connectivity index (χ2v) is 24.8. The van der Waals surface area contributed by atoms with E-state index in [1.54, 1.807) is 14.7 Å². The summed E-state index contributed by atoms with van der Waals surface area (Å²) in [4.78, 5) is 126. The molecule has 0 aromatic heterocycles. The van der Waals surface area contributed by atoms with Gasteiger partial charge in [0.05, 0.1) is 62.6 Å². The highest BCUT2D eigenvalue weighted by molar-refractivity contribution is 5.89. The zero-order chi connectivity index (χ0) is 66.9. The standard InChI is InChI=1S/C16H29NO3.C15H27NO3.C14H25NO3.C13H23NO3.C12H21NO3/c1-3-5-7-8-10-17-13-14(12-15(17)18)16(19)20-11-9-6-4-2;1-3-5-7-9-16-12-13(11-14(16)17)15(18)19-10-8-6-4-2;1-3-5-7-9-18-14(17)12-10-13(16)15(11-12)8-6-4-2;1-3-5-6-8-17-13(16)11-9-12(15)14(10-11)7-4-2;1-3-5-6-7-16-12(15)10-8-11(14)13(4-2)9-10/h14H,3-13H2,1-2H3;13H,3-12H2,1-2H3;12H,3-11H2,1-2H3;11H,3-10H2,1-2H3;10H,3-9H2,1-2H3. The molecule has 5 rings (SSSR count). The molecule has 5 aliphatic heterocycles. The molecule has 0 saturated carbocycles. The maximum atomic E-state index is 11.9. The number of nitrogens with zero attached hydrogens (tertiary/aromatic N) is 5. The van der Waals surface area contributed by atoms with Gasteiger partial charge in [-0.05, 0) is 64.7 Å². The number of unbranched alkanes of at least 4 members (excludes halogenated alkanes) is 16. The van der Waals surface area contributed by atoms with Crippen LogP contribution in [0.3, 0.4) is 0 Å². The molecule has 520 valence electrons. The average Bonchev–Trinajstić information content (AvgIpc) is 4.27. The molecular formula is C70H125N5O15. The fraction of sp³-hybridized carbons (Fsp3) is 0.857. The number of amides is 5. The van der Waals surface area contributed by atoms with Crippen LogP contribution in [0.4, 0.5) is 0 Å². The van der Waals surface area contributed by atoms with Gasteiger partial charge < -0.3 is 48.2 Å². The largest absolute Gasteiger partial charge is 0.465 e. The highest BCUT2D eigenvalue weighted by Crippen LogP contribution is 2.24. The lowest BCUT2D eigenvalue weighted by molar-refractivity contribution is -0.149. The Morgan fingerprint density at radius 3 is 0.722 bits per heavy atom. The van der Waals surface area contributed by atoms with Gasteiger partial charge in [-0.1, -0.05) is 165 Å². The molecule has 20 nitrogen and oxygen atoms in total. The molecule has 0 aromatic rings. The van der Waals surface area contributed by atoms with Crippen molar-refractivity contribution in [3.63, 3.8) is 0 Å². The van der Waals surface area contributed by atoms with Gasteiger partial charge in [-0.2, -0.15) is 0 Å². The van der Waals surface area contributed by atoms with E-state index in [4.69, 9.17) is 23.7 Å². The fourth-order valence-corrected chi connectivity index (χ4v) is 10.9. The molecule has 5 unspecified atom stereocenters. The smallest absolute Gasteiger partial charge is 0.311 e. The molecule has 5 atom stereocenters. The monoisotopic (exact) mass is 1280 g/mol. The summed E-state index contributed by atoms with van der Waals surface area (Å²) in [6.45, 7) is 29.9. The van der Waals surface area contributed by atoms with E-state index in [-0.39, 0.29) is 89.0 Å². The zero-order valence-electron chi connectivity index (χ0n) is 58.1. The first-order valence-corrected chi connectivity index (χ1v) is 35.7. The summed E-state index contributed by atoms with van der Waals surface area (Å²) >= 11 is 0. The minimum Gasteiger partial charge on any atom is -0.465 e. The Kier molecular flexibility index (Phi) is 48.0. The number of rotatable bonds is 40. The van der Waals surface area contributed by atoms with Gasteiger partial charge in [-0.15, -0.1) is 0 Å². The average molecular weight is 1280 g/mol. The Labute approximate surface area is 543 Å². The van der Waals surface area contributed by atoms with Gasteiger partial charge in [-0.25, -0.2) is 0 Å². The van der Waals surface area contributed by atoms with Crippen LogP contribution in [0.15, 0.2) is 0 Å². The van der Waals surface area contributed by atoms with Gasteiger partial charge in [0.2, 0.25) is 29.5 Å². The van der Waals surface area contributed by atoms with E-state index in [1.165, 1.54) is 12.8 Å². The molecule has 20 heteroatoms. The third kappa shape index (κ3) is 35.5. The van der Waals surface area contributed by atoms with Crippen molar-refractivity contribution in [2.75, 3.05) is 98.5 Å². The molecule has 0 aromatic carbocycles. The van der Waals surface area contributed by atoms with Gasteiger partial charge in [-0.3, -0.25) is 47.9 Å². The second kappa shape index (κ2) is 52.2. The van der Waals surface area contributed by atoms with Crippen molar-refractivity contribution >= 4 is 59.4 Å². The molecule has 5 saturated heterocycles. The summed E-state index contributed by atoms with van der Waals surface area (Å²) in [6.07, 6.45) is 28.1. The van der Waals surface area contributed by atoms with Crippen molar-refractivity contribution in [1.29, 1.82) is 0 Å². The molecule has 0 N–H and O–H groups in total. The van der Waals surface area contributed by atoms with Crippen molar-refractivity contribution in [3.05, 3.63) is 0 Å². The Hall–Kier alpha value is -5.30. The maximum Gasteiger partial charge on any atom is 0.311 e. The summed E-state index contributed by atoms with van der Waals surface area (Å²) in [5.41, 5.74) is 0. The van der Waals surface area contributed by atoms with Crippen molar-refractivity contribution < 1.29 is 71.6 Å². The van der Waals surface area contributed by atoms with E-state index in [2.05, 4.69) is 55.4 Å². The Balaban J connectivity index is 0.000000564. The van der Waals surface area contributed by atoms with Gasteiger partial charge >= 0.3 is 29.8 Å². The number of carbonyl (C=O) groups excluding carboxylic acids is 10. The highest BCUT2D eigenvalue weighted by Gasteiger charge is 2.38. The lowest BCUT2D eigenvalue weighted by Gasteiger charge is -2.16. The predicted octanol–water partition coefficient (Wildman–Crippen LogP) is 11.8. The lowest BCUT2D eigenvalue weighted by Crippen LogP contribution is -2.27. The Morgan fingerprint density at radius 2 is 0.478 bits per heavy atom. The van der Waals surface area contributed by atoms with Crippen molar-refractivity contribution in [2.24, 2.45) is 29.6 Å². The number of hydrogen-bond donors (Lipinski definition) is 0. The van der Waals surface area contributed by atoms with Crippen LogP contribution in [0.5, 0.6) is 0 Å². The lowest BCUT2D eigenvalue weighted by atomic mass is 10.1. The molecule has 0 aliphatic carbocycles. The summed E-state index contributed by atoms with van der Waals surface area (Å²) < 4.78 is 26.0. The summed E-state index contributed by atoms with van der Waals surface area (Å²) in [5, 5.41) is 0. The quantitative estimate of drug-likeness (QED) is 0.0315. The molecular weight excluding hydrogens is 1150 g/mol. The predicted molar refractivity (Wildman–Crippen MR) is 350 cm³/mol. The highest BCUT2D eigenvalue weighted by atomic mass is 16.5. The van der Waals surface area contributed by atoms with Crippen LogP contribution >= 0.6 is 0 Å². The van der Waals surface area contributed by atoms with Gasteiger partial charge in [0.15, 0.2) is 0 Å². The van der Waals surface area contributed by atoms with E-state index in [0.717, 1.165) is 174 Å². The van der Waals surface area contributed by atoms with Crippen LogP contribution in [0.25, 0.3) is 0 Å². The van der Waals surface area contributed by atoms with E-state index >= 15 is 0 Å². The van der Waals surface area contributed by atoms with Crippen LogP contribution in [0, 0.1) is 29.6 Å². The van der Waals surface area contributed by atoms with Gasteiger partial charge in [0.1, 0.15) is 0 Å². The Morgan fingerprint density at radius 1 is 0.267 bits per heavy atom. The van der Waals surface area contributed by atoms with E-state index in [9.17, 15) is 47.9 Å². The van der Waals surface area contributed by atoms with Gasteiger partial charge in [0, 0.05) is 97.6 Å². The van der Waals surface area contributed by atoms with Crippen LogP contribution in [0.2, 0.25) is 0 Å². The first-order chi connectivity index (χ1) is 43.4. The number of ether oxygens (including phenoxy) is 5. The Bertz CT molecular complexity index is 2040. The van der Waals surface area contributed by atoms with E-state index in [1.807, 2.05) is 23.6 Å². The van der Waals surface area contributed by atoms with Crippen LogP contribution in [-0.4, -0.2) is 182 Å². The topological polar surface area (TPSA) is 233 Å². The number of likely N-dealkylation sites (tertiary alicyclic amines) is 5. The first kappa shape index (κ1) is 82.7. The van der Waals surface area contributed by atoms with Crippen molar-refractivity contribution in [2.45, 2.75) is 262 Å². The minimum atomic E-state index is -0.242. The molecule has 0 radical (unpaired) electrons. The normalized spacial score (nSPS) is 19.3. The summed E-state index contributed by atoms with van der Waals surface area (Å²) in [7, 11) is 0. The van der Waals surface area contributed by atoms with Crippen LogP contribution in [-0.2, 0) is 71.6 Å².